The number of anilines is 1. The molecule has 0 aliphatic heterocycles. The maximum atomic E-state index is 11.1. The fourth-order valence-electron chi connectivity index (χ4n) is 0.990. The van der Waals surface area contributed by atoms with Crippen LogP contribution in [0.3, 0.4) is 0 Å². The smallest absolute Gasteiger partial charge is 0.412 e. The number of hydrogen-bond acceptors (Lipinski definition) is 4. The van der Waals surface area contributed by atoms with Gasteiger partial charge in [-0.05, 0) is 19.1 Å². The van der Waals surface area contributed by atoms with Gasteiger partial charge in [0, 0.05) is 11.8 Å². The summed E-state index contributed by atoms with van der Waals surface area (Å²) in [7, 11) is 0. The highest BCUT2D eigenvalue weighted by atomic mass is 16.5. The average Bonchev–Trinajstić information content (AvgIpc) is 2.27. The van der Waals surface area contributed by atoms with Crippen molar-refractivity contribution in [1.82, 2.24) is 4.98 Å². The minimum atomic E-state index is -0.553. The second kappa shape index (κ2) is 6.43. The summed E-state index contributed by atoms with van der Waals surface area (Å²) < 4.78 is 4.70. The van der Waals surface area contributed by atoms with Gasteiger partial charge in [-0.3, -0.25) is 5.32 Å². The highest BCUT2D eigenvalue weighted by Crippen LogP contribution is 2.05. The van der Waals surface area contributed by atoms with Gasteiger partial charge in [0.2, 0.25) is 0 Å². The number of aromatic nitrogens is 1. The summed E-state index contributed by atoms with van der Waals surface area (Å²) in [6.45, 7) is 1.81. The Morgan fingerprint density at radius 1 is 1.69 bits per heavy atom. The Labute approximate surface area is 93.5 Å². The lowest BCUT2D eigenvalue weighted by atomic mass is 10.2. The van der Waals surface area contributed by atoms with E-state index < -0.39 is 6.09 Å². The fraction of sp³-hybridized carbons (Fsp3) is 0.273. The maximum absolute atomic E-state index is 11.1. The molecule has 5 heteroatoms. The Kier molecular flexibility index (Phi) is 4.83. The lowest BCUT2D eigenvalue weighted by Gasteiger charge is -2.03. The monoisotopic (exact) mass is 220 g/mol. The summed E-state index contributed by atoms with van der Waals surface area (Å²) in [4.78, 5) is 15.0. The van der Waals surface area contributed by atoms with Crippen LogP contribution in [0.15, 0.2) is 18.3 Å². The van der Waals surface area contributed by atoms with E-state index in [0.29, 0.717) is 18.0 Å². The molecule has 2 N–H and O–H groups in total. The number of aliphatic hydroxyl groups excluding tert-OH is 1. The van der Waals surface area contributed by atoms with Crippen LogP contribution in [0.4, 0.5) is 10.6 Å². The van der Waals surface area contributed by atoms with E-state index in [0.717, 1.165) is 0 Å². The molecule has 1 aromatic rings. The SMILES string of the molecule is CCOC(=O)Nc1cc(C#CCO)ccn1. The largest absolute Gasteiger partial charge is 0.450 e. The molecule has 1 rings (SSSR count). The number of aliphatic hydroxyl groups is 1. The number of hydrogen-bond donors (Lipinski definition) is 2. The Morgan fingerprint density at radius 2 is 2.50 bits per heavy atom. The predicted molar refractivity (Wildman–Crippen MR) is 58.8 cm³/mol. The highest BCUT2D eigenvalue weighted by Gasteiger charge is 2.02. The van der Waals surface area contributed by atoms with Gasteiger partial charge in [-0.25, -0.2) is 9.78 Å². The van der Waals surface area contributed by atoms with Crippen molar-refractivity contribution in [1.29, 1.82) is 0 Å². The molecule has 1 heterocycles. The van der Waals surface area contributed by atoms with Gasteiger partial charge in [0.05, 0.1) is 6.61 Å². The first-order valence-corrected chi connectivity index (χ1v) is 4.75. The van der Waals surface area contributed by atoms with Crippen LogP contribution in [-0.4, -0.2) is 29.4 Å². The van der Waals surface area contributed by atoms with Crippen LogP contribution in [0.5, 0.6) is 0 Å². The van der Waals surface area contributed by atoms with E-state index in [1.54, 1.807) is 19.1 Å². The van der Waals surface area contributed by atoms with Crippen LogP contribution in [0, 0.1) is 11.8 Å². The van der Waals surface area contributed by atoms with Gasteiger partial charge < -0.3 is 9.84 Å². The molecule has 1 amide bonds. The van der Waals surface area contributed by atoms with Crippen LogP contribution in [-0.2, 0) is 4.74 Å². The van der Waals surface area contributed by atoms with E-state index in [2.05, 4.69) is 22.1 Å². The van der Waals surface area contributed by atoms with Crippen molar-refractivity contribution in [3.8, 4) is 11.8 Å². The first-order chi connectivity index (χ1) is 7.76. The normalized spacial score (nSPS) is 8.88. The summed E-state index contributed by atoms with van der Waals surface area (Å²) in [5.74, 6) is 5.58. The molecule has 1 aromatic heterocycles. The summed E-state index contributed by atoms with van der Waals surface area (Å²) >= 11 is 0. The molecule has 5 nitrogen and oxygen atoms in total. The van der Waals surface area contributed by atoms with Gasteiger partial charge in [-0.2, -0.15) is 0 Å². The lowest BCUT2D eigenvalue weighted by Crippen LogP contribution is -2.14. The molecule has 0 atom stereocenters. The second-order valence-electron chi connectivity index (χ2n) is 2.74. The van der Waals surface area contributed by atoms with Crippen LogP contribution in [0.2, 0.25) is 0 Å². The predicted octanol–water partition coefficient (Wildman–Crippen LogP) is 0.994. The molecule has 0 spiro atoms. The van der Waals surface area contributed by atoms with E-state index in [9.17, 15) is 4.79 Å². The number of nitrogens with one attached hydrogen (secondary N) is 1. The molecule has 0 unspecified atom stereocenters. The van der Waals surface area contributed by atoms with E-state index in [4.69, 9.17) is 9.84 Å². The standard InChI is InChI=1S/C11H12N2O3/c1-2-16-11(15)13-10-8-9(4-3-7-14)5-6-12-10/h5-6,8,14H,2,7H2,1H3,(H,12,13,15). The summed E-state index contributed by atoms with van der Waals surface area (Å²) in [6, 6.07) is 3.28. The summed E-state index contributed by atoms with van der Waals surface area (Å²) in [5.41, 5.74) is 0.663. The van der Waals surface area contributed by atoms with E-state index >= 15 is 0 Å². The van der Waals surface area contributed by atoms with Crippen LogP contribution >= 0.6 is 0 Å². The zero-order valence-electron chi connectivity index (χ0n) is 8.86. The third kappa shape index (κ3) is 3.98. The zero-order valence-corrected chi connectivity index (χ0v) is 8.86. The van der Waals surface area contributed by atoms with Gasteiger partial charge in [0.25, 0.3) is 0 Å². The molecule has 16 heavy (non-hydrogen) atoms. The van der Waals surface area contributed by atoms with Crippen LogP contribution in [0.25, 0.3) is 0 Å². The topological polar surface area (TPSA) is 71.5 Å². The third-order valence-electron chi connectivity index (χ3n) is 1.58. The first-order valence-electron chi connectivity index (χ1n) is 4.75. The quantitative estimate of drug-likeness (QED) is 0.729. The van der Waals surface area contributed by atoms with Gasteiger partial charge in [-0.1, -0.05) is 11.8 Å². The number of amides is 1. The van der Waals surface area contributed by atoms with Gasteiger partial charge in [0.1, 0.15) is 12.4 Å². The van der Waals surface area contributed by atoms with E-state index in [1.807, 2.05) is 0 Å². The minimum absolute atomic E-state index is 0.205. The van der Waals surface area contributed by atoms with Gasteiger partial charge >= 0.3 is 6.09 Å². The second-order valence-corrected chi connectivity index (χ2v) is 2.74. The number of ether oxygens (including phenoxy) is 1. The molecule has 0 saturated carbocycles. The molecule has 0 aromatic carbocycles. The fourth-order valence-corrected chi connectivity index (χ4v) is 0.990. The number of rotatable bonds is 2. The first kappa shape index (κ1) is 12.0. The van der Waals surface area contributed by atoms with Crippen molar-refractivity contribution in [2.75, 3.05) is 18.5 Å². The molecular weight excluding hydrogens is 208 g/mol. The van der Waals surface area contributed by atoms with Crippen molar-refractivity contribution >= 4 is 11.9 Å². The summed E-state index contributed by atoms with van der Waals surface area (Å²) in [6.07, 6.45) is 0.963. The molecule has 0 radical (unpaired) electrons. The molecule has 0 aliphatic carbocycles. The molecule has 0 aliphatic rings. The van der Waals surface area contributed by atoms with E-state index in [-0.39, 0.29) is 6.61 Å². The average molecular weight is 220 g/mol. The number of carbonyl (C=O) groups is 1. The van der Waals surface area contributed by atoms with E-state index in [1.165, 1.54) is 6.20 Å². The Hall–Kier alpha value is -2.06. The van der Waals surface area contributed by atoms with Gasteiger partial charge in [0.15, 0.2) is 0 Å². The maximum Gasteiger partial charge on any atom is 0.412 e. The molecule has 0 fully saturated rings. The van der Waals surface area contributed by atoms with Crippen molar-refractivity contribution in [3.05, 3.63) is 23.9 Å². The minimum Gasteiger partial charge on any atom is -0.450 e. The Morgan fingerprint density at radius 3 is 3.19 bits per heavy atom. The third-order valence-corrected chi connectivity index (χ3v) is 1.58. The highest BCUT2D eigenvalue weighted by molar-refractivity contribution is 5.83. The van der Waals surface area contributed by atoms with Crippen molar-refractivity contribution in [3.63, 3.8) is 0 Å². The van der Waals surface area contributed by atoms with Crippen LogP contribution < -0.4 is 5.32 Å². The Bertz CT molecular complexity index is 421. The molecule has 0 saturated heterocycles. The number of pyridine rings is 1. The zero-order chi connectivity index (χ0) is 11.8. The number of nitrogens with zero attached hydrogens (tertiary/aromatic N) is 1. The van der Waals surface area contributed by atoms with Crippen molar-refractivity contribution < 1.29 is 14.6 Å². The van der Waals surface area contributed by atoms with Crippen molar-refractivity contribution in [2.45, 2.75) is 6.92 Å². The Balaban J connectivity index is 2.71. The van der Waals surface area contributed by atoms with Crippen LogP contribution in [0.1, 0.15) is 12.5 Å². The number of carbonyl (C=O) groups excluding carboxylic acids is 1. The lowest BCUT2D eigenvalue weighted by molar-refractivity contribution is 0.168. The van der Waals surface area contributed by atoms with Crippen molar-refractivity contribution in [2.24, 2.45) is 0 Å². The van der Waals surface area contributed by atoms with Gasteiger partial charge in [-0.15, -0.1) is 0 Å². The molecule has 84 valence electrons. The summed E-state index contributed by atoms with van der Waals surface area (Å²) in [5, 5.41) is 11.0. The molecule has 0 bridgehead atoms. The molecular formula is C11H12N2O3.